The van der Waals surface area contributed by atoms with Gasteiger partial charge in [-0.05, 0) is 0 Å². The van der Waals surface area contributed by atoms with Crippen LogP contribution in [0.15, 0.2) is 25.3 Å². The third-order valence-electron chi connectivity index (χ3n) is 1.43. The van der Waals surface area contributed by atoms with Gasteiger partial charge in [-0.1, -0.05) is 13.2 Å². The molecule has 0 fully saturated rings. The Balaban J connectivity index is -0.000000295. The number of ether oxygens (including phenoxy) is 2. The molecule has 0 radical (unpaired) electrons. The molecule has 0 heterocycles. The summed E-state index contributed by atoms with van der Waals surface area (Å²) in [7, 11) is 0. The van der Waals surface area contributed by atoms with Gasteiger partial charge in [-0.3, -0.25) is 0 Å². The van der Waals surface area contributed by atoms with Crippen LogP contribution in [-0.4, -0.2) is 60.1 Å². The normalized spacial score (nSPS) is 8.00. The maximum atomic E-state index is 10.2. The molecule has 0 spiro atoms. The van der Waals surface area contributed by atoms with Crippen LogP contribution in [0.5, 0.6) is 0 Å². The van der Waals surface area contributed by atoms with E-state index in [4.69, 9.17) is 0 Å². The smallest absolute Gasteiger partial charge is 0.550 e. The number of carboxylic acid groups (broad SMARTS) is 2. The van der Waals surface area contributed by atoms with Gasteiger partial charge in [0.25, 0.3) is 0 Å². The van der Waals surface area contributed by atoms with Gasteiger partial charge in [-0.2, -0.15) is 0 Å². The summed E-state index contributed by atoms with van der Waals surface area (Å²) in [5.41, 5.74) is 0. The van der Waals surface area contributed by atoms with Crippen molar-refractivity contribution in [3.8, 4) is 0 Å². The molecular formula is C12H14MgO8. The second-order valence-corrected chi connectivity index (χ2v) is 2.99. The van der Waals surface area contributed by atoms with Gasteiger partial charge in [-0.15, -0.1) is 0 Å². The zero-order valence-electron chi connectivity index (χ0n) is 11.4. The maximum absolute atomic E-state index is 10.2. The Morgan fingerprint density at radius 2 is 1.10 bits per heavy atom. The number of carbonyl (C=O) groups excluding carboxylic acids is 4. The van der Waals surface area contributed by atoms with Gasteiger partial charge in [0.1, 0.15) is 0 Å². The SMILES string of the molecule is C=CC(=O)OCCC(=O)[O-].C=CC(=O)OCCC(=O)[O-].[Mg+2]. The summed E-state index contributed by atoms with van der Waals surface area (Å²) in [6, 6.07) is 0. The molecule has 112 valence electrons. The molecule has 0 unspecified atom stereocenters. The van der Waals surface area contributed by atoms with Crippen LogP contribution in [0.2, 0.25) is 0 Å². The standard InChI is InChI=1S/2C6H8O4.Mg/c2*1-2-6(9)10-4-3-5(7)8;/h2*2H,1,3-4H2,(H,7,8);/q;;+2/p-2. The molecule has 21 heavy (non-hydrogen) atoms. The van der Waals surface area contributed by atoms with E-state index in [9.17, 15) is 29.4 Å². The predicted octanol–water partition coefficient (Wildman–Crippen LogP) is -2.67. The third kappa shape index (κ3) is 23.6. The van der Waals surface area contributed by atoms with Crippen molar-refractivity contribution in [1.29, 1.82) is 0 Å². The summed E-state index contributed by atoms with van der Waals surface area (Å²) in [5.74, 6) is -3.73. The number of aliphatic carboxylic acids is 2. The van der Waals surface area contributed by atoms with E-state index in [0.717, 1.165) is 12.2 Å². The molecule has 0 saturated heterocycles. The van der Waals surface area contributed by atoms with Crippen molar-refractivity contribution in [2.75, 3.05) is 13.2 Å². The van der Waals surface area contributed by atoms with Gasteiger partial charge in [0.2, 0.25) is 0 Å². The average Bonchev–Trinajstić information content (AvgIpc) is 2.38. The summed E-state index contributed by atoms with van der Waals surface area (Å²) in [4.78, 5) is 40.0. The molecule has 0 amide bonds. The minimum Gasteiger partial charge on any atom is -0.550 e. The minimum atomic E-state index is -1.24. The van der Waals surface area contributed by atoms with Gasteiger partial charge < -0.3 is 29.3 Å². The fraction of sp³-hybridized carbons (Fsp3) is 0.333. The van der Waals surface area contributed by atoms with E-state index in [-0.39, 0.29) is 49.1 Å². The summed E-state index contributed by atoms with van der Waals surface area (Å²) in [5, 5.41) is 19.5. The number of carboxylic acids is 2. The molecule has 0 aromatic heterocycles. The van der Waals surface area contributed by atoms with Crippen LogP contribution in [0, 0.1) is 0 Å². The van der Waals surface area contributed by atoms with E-state index < -0.39 is 23.9 Å². The van der Waals surface area contributed by atoms with Gasteiger partial charge in [-0.25, -0.2) is 9.59 Å². The molecule has 0 aromatic carbocycles. The Kier molecular flexibility index (Phi) is 18.6. The topological polar surface area (TPSA) is 133 Å². The molecule has 0 saturated carbocycles. The predicted molar refractivity (Wildman–Crippen MR) is 67.3 cm³/mol. The summed E-state index contributed by atoms with van der Waals surface area (Å²) in [6.45, 7) is 5.92. The first-order chi connectivity index (χ1) is 9.33. The van der Waals surface area contributed by atoms with Crippen LogP contribution in [-0.2, 0) is 28.7 Å². The number of hydrogen-bond donors (Lipinski definition) is 0. The fourth-order valence-electron chi connectivity index (χ4n) is 0.588. The van der Waals surface area contributed by atoms with Crippen molar-refractivity contribution in [2.45, 2.75) is 12.8 Å². The Bertz CT molecular complexity index is 341. The fourth-order valence-corrected chi connectivity index (χ4v) is 0.588. The first kappa shape index (κ1) is 24.2. The quantitative estimate of drug-likeness (QED) is 0.269. The van der Waals surface area contributed by atoms with Crippen LogP contribution >= 0.6 is 0 Å². The van der Waals surface area contributed by atoms with E-state index in [1.54, 1.807) is 0 Å². The molecule has 8 nitrogen and oxygen atoms in total. The Labute approximate surface area is 137 Å². The molecule has 0 rings (SSSR count). The molecule has 0 aliphatic rings. The molecule has 0 aliphatic carbocycles. The van der Waals surface area contributed by atoms with Crippen LogP contribution in [0.3, 0.4) is 0 Å². The van der Waals surface area contributed by atoms with Crippen LogP contribution in [0.4, 0.5) is 0 Å². The molecule has 0 aliphatic heterocycles. The zero-order valence-corrected chi connectivity index (χ0v) is 12.8. The van der Waals surface area contributed by atoms with Crippen molar-refractivity contribution in [1.82, 2.24) is 0 Å². The Morgan fingerprint density at radius 1 is 0.810 bits per heavy atom. The van der Waals surface area contributed by atoms with Gasteiger partial charge >= 0.3 is 35.0 Å². The van der Waals surface area contributed by atoms with Crippen molar-refractivity contribution < 1.29 is 38.9 Å². The van der Waals surface area contributed by atoms with E-state index >= 15 is 0 Å². The van der Waals surface area contributed by atoms with Crippen molar-refractivity contribution in [2.24, 2.45) is 0 Å². The van der Waals surface area contributed by atoms with Crippen molar-refractivity contribution in [3.63, 3.8) is 0 Å². The second kappa shape index (κ2) is 16.2. The molecule has 0 N–H and O–H groups in total. The Hall–Kier alpha value is -1.87. The van der Waals surface area contributed by atoms with Crippen LogP contribution in [0.25, 0.3) is 0 Å². The largest absolute Gasteiger partial charge is 2.00 e. The van der Waals surface area contributed by atoms with Gasteiger partial charge in [0, 0.05) is 36.9 Å². The number of carbonyl (C=O) groups is 4. The summed E-state index contributed by atoms with van der Waals surface area (Å²) >= 11 is 0. The van der Waals surface area contributed by atoms with Crippen molar-refractivity contribution >= 4 is 46.9 Å². The average molecular weight is 311 g/mol. The second-order valence-electron chi connectivity index (χ2n) is 2.99. The van der Waals surface area contributed by atoms with E-state index in [2.05, 4.69) is 22.6 Å². The number of rotatable bonds is 8. The summed E-state index contributed by atoms with van der Waals surface area (Å²) in [6.07, 6.45) is 1.38. The molecule has 0 aromatic rings. The molecule has 9 heteroatoms. The van der Waals surface area contributed by atoms with E-state index in [0.29, 0.717) is 0 Å². The minimum absolute atomic E-state index is 0. The first-order valence-corrected chi connectivity index (χ1v) is 5.31. The van der Waals surface area contributed by atoms with Crippen LogP contribution in [0.1, 0.15) is 12.8 Å². The molecular weight excluding hydrogens is 296 g/mol. The maximum Gasteiger partial charge on any atom is 2.00 e. The first-order valence-electron chi connectivity index (χ1n) is 5.31. The third-order valence-corrected chi connectivity index (χ3v) is 1.43. The number of esters is 2. The van der Waals surface area contributed by atoms with Crippen LogP contribution < -0.4 is 10.2 Å². The van der Waals surface area contributed by atoms with E-state index in [1.807, 2.05) is 0 Å². The monoisotopic (exact) mass is 310 g/mol. The molecule has 0 atom stereocenters. The van der Waals surface area contributed by atoms with Gasteiger partial charge in [0.05, 0.1) is 13.2 Å². The number of hydrogen-bond acceptors (Lipinski definition) is 8. The van der Waals surface area contributed by atoms with E-state index in [1.165, 1.54) is 0 Å². The van der Waals surface area contributed by atoms with Crippen molar-refractivity contribution in [3.05, 3.63) is 25.3 Å². The zero-order chi connectivity index (χ0) is 16.0. The summed E-state index contributed by atoms with van der Waals surface area (Å²) < 4.78 is 8.65. The van der Waals surface area contributed by atoms with Gasteiger partial charge in [0.15, 0.2) is 0 Å². The molecule has 0 bridgehead atoms. The Morgan fingerprint density at radius 3 is 1.29 bits per heavy atom.